The first-order valence-corrected chi connectivity index (χ1v) is 11.4. The molecule has 10 heteroatoms. The Balaban J connectivity index is 1.75. The molecule has 0 bridgehead atoms. The number of carbonyl (C=O) groups is 1. The van der Waals surface area contributed by atoms with E-state index in [-0.39, 0.29) is 37.5 Å². The van der Waals surface area contributed by atoms with Gasteiger partial charge in [-0.2, -0.15) is 17.6 Å². The Morgan fingerprint density at radius 1 is 1.00 bits per heavy atom. The topological polar surface area (TPSA) is 69.0 Å². The molecule has 158 valence electrons. The molecule has 0 spiro atoms. The van der Waals surface area contributed by atoms with Crippen molar-refractivity contribution in [3.63, 3.8) is 0 Å². The molecule has 3 aromatic carbocycles. The predicted molar refractivity (Wildman–Crippen MR) is 118 cm³/mol. The Kier molecular flexibility index (Phi) is 5.79. The quantitative estimate of drug-likeness (QED) is 0.327. The number of hydrogen-bond donors (Lipinski definition) is 0. The molecule has 4 rings (SSSR count). The minimum atomic E-state index is -4.11. The molecule has 0 atom stereocenters. The average Bonchev–Trinajstić information content (AvgIpc) is 3.11. The van der Waals surface area contributed by atoms with Gasteiger partial charge in [0.25, 0.3) is 10.0 Å². The second-order valence-electron chi connectivity index (χ2n) is 6.69. The van der Waals surface area contributed by atoms with Crippen molar-refractivity contribution in [2.75, 3.05) is 0 Å². The van der Waals surface area contributed by atoms with Gasteiger partial charge in [0.2, 0.25) is 0 Å². The van der Waals surface area contributed by atoms with Crippen molar-refractivity contribution in [1.29, 1.82) is 0 Å². The first kappa shape index (κ1) is 21.8. The molecule has 4 aromatic rings. The van der Waals surface area contributed by atoms with Gasteiger partial charge in [-0.05, 0) is 42.0 Å². The van der Waals surface area contributed by atoms with Crippen LogP contribution in [0.25, 0.3) is 10.9 Å². The number of rotatable bonds is 5. The third kappa shape index (κ3) is 4.19. The molecule has 0 radical (unpaired) electrons. The van der Waals surface area contributed by atoms with Gasteiger partial charge in [0.15, 0.2) is 5.78 Å². The smallest absolute Gasteiger partial charge is 0.283 e. The van der Waals surface area contributed by atoms with Crippen molar-refractivity contribution >= 4 is 61.5 Å². The van der Waals surface area contributed by atoms with Crippen LogP contribution in [0.4, 0.5) is 4.39 Å². The first-order chi connectivity index (χ1) is 14.7. The van der Waals surface area contributed by atoms with Crippen molar-refractivity contribution in [1.82, 2.24) is 9.19 Å². The van der Waals surface area contributed by atoms with E-state index in [4.69, 9.17) is 34.8 Å². The number of fused-ring (bicyclic) bond motifs is 1. The maximum Gasteiger partial charge on any atom is 0.283 e. The molecular formula is C21H12Cl3FN2O3S. The maximum atomic E-state index is 14.1. The van der Waals surface area contributed by atoms with E-state index in [0.717, 1.165) is 10.2 Å². The third-order valence-electron chi connectivity index (χ3n) is 4.57. The lowest BCUT2D eigenvalue weighted by Crippen LogP contribution is -2.14. The van der Waals surface area contributed by atoms with Crippen molar-refractivity contribution in [2.24, 2.45) is 0 Å². The zero-order chi connectivity index (χ0) is 22.3. The van der Waals surface area contributed by atoms with E-state index in [1.165, 1.54) is 42.6 Å². The minimum Gasteiger partial charge on any atom is -0.294 e. The largest absolute Gasteiger partial charge is 0.294 e. The molecule has 1 aromatic heterocycles. The van der Waals surface area contributed by atoms with Gasteiger partial charge in [0.05, 0.1) is 27.2 Å². The number of nitrogens with zero attached hydrogens (tertiary/aromatic N) is 2. The van der Waals surface area contributed by atoms with Gasteiger partial charge in [-0.25, -0.2) is 4.39 Å². The fraction of sp³-hybridized carbons (Fsp3) is 0.0476. The Morgan fingerprint density at radius 3 is 2.39 bits per heavy atom. The van der Waals surface area contributed by atoms with Crippen LogP contribution < -0.4 is 0 Å². The van der Waals surface area contributed by atoms with Gasteiger partial charge in [-0.1, -0.05) is 53.0 Å². The molecule has 0 aliphatic heterocycles. The molecule has 0 saturated heterocycles. The molecule has 0 N–H and O–H groups in total. The van der Waals surface area contributed by atoms with Crippen LogP contribution in [0.5, 0.6) is 0 Å². The summed E-state index contributed by atoms with van der Waals surface area (Å²) in [5, 5.41) is 4.86. The first-order valence-electron chi connectivity index (χ1n) is 8.82. The Hall–Kier alpha value is -2.45. The van der Waals surface area contributed by atoms with Gasteiger partial charge in [-0.3, -0.25) is 4.79 Å². The summed E-state index contributed by atoms with van der Waals surface area (Å²) in [5.74, 6) is -1.25. The highest BCUT2D eigenvalue weighted by molar-refractivity contribution is 7.90. The van der Waals surface area contributed by atoms with Gasteiger partial charge in [0.1, 0.15) is 5.82 Å². The summed E-state index contributed by atoms with van der Waals surface area (Å²) in [6.07, 6.45) is 1.21. The summed E-state index contributed by atoms with van der Waals surface area (Å²) >= 11 is 17.9. The molecule has 0 fully saturated rings. The Morgan fingerprint density at radius 2 is 1.71 bits per heavy atom. The van der Waals surface area contributed by atoms with E-state index < -0.39 is 21.6 Å². The van der Waals surface area contributed by atoms with Gasteiger partial charge in [-0.15, -0.1) is 0 Å². The summed E-state index contributed by atoms with van der Waals surface area (Å²) in [4.78, 5) is 12.5. The van der Waals surface area contributed by atoms with E-state index in [9.17, 15) is 17.6 Å². The fourth-order valence-corrected chi connectivity index (χ4v) is 5.42. The van der Waals surface area contributed by atoms with Crippen molar-refractivity contribution < 1.29 is 17.6 Å². The monoisotopic (exact) mass is 496 g/mol. The normalized spacial score (nSPS) is 11.7. The summed E-state index contributed by atoms with van der Waals surface area (Å²) in [5.41, 5.74) is 0.512. The number of benzene rings is 3. The van der Waals surface area contributed by atoms with Gasteiger partial charge >= 0.3 is 0 Å². The van der Waals surface area contributed by atoms with E-state index in [0.29, 0.717) is 10.9 Å². The van der Waals surface area contributed by atoms with E-state index >= 15 is 0 Å². The van der Waals surface area contributed by atoms with Crippen LogP contribution in [-0.2, 0) is 16.4 Å². The van der Waals surface area contributed by atoms with Crippen molar-refractivity contribution in [3.8, 4) is 0 Å². The Bertz CT molecular complexity index is 1410. The number of Topliss-reactive ketones (excluding diaryl/α,β-unsaturated/α-hetero) is 1. The average molecular weight is 498 g/mol. The summed E-state index contributed by atoms with van der Waals surface area (Å²) in [7, 11) is -4.11. The second-order valence-corrected chi connectivity index (χ2v) is 9.73. The minimum absolute atomic E-state index is 0.0107. The standard InChI is InChI=1S/C21H12Cl3FN2O3S/c22-14-8-15(23)10-16(9-14)31(29,30)27-19-6-12(4-5-13(19)11-26-27)7-20(28)21-17(24)2-1-3-18(21)25/h1-6,8-11H,7H2. The van der Waals surface area contributed by atoms with Crippen LogP contribution in [0, 0.1) is 5.82 Å². The van der Waals surface area contributed by atoms with Crippen molar-refractivity contribution in [3.05, 3.63) is 92.8 Å². The van der Waals surface area contributed by atoms with Crippen LogP contribution in [0.3, 0.4) is 0 Å². The number of carbonyl (C=O) groups excluding carboxylic acids is 1. The summed E-state index contributed by atoms with van der Waals surface area (Å²) in [6.45, 7) is 0. The molecule has 0 unspecified atom stereocenters. The van der Waals surface area contributed by atoms with E-state index in [1.807, 2.05) is 0 Å². The van der Waals surface area contributed by atoms with Crippen LogP contribution in [0.15, 0.2) is 65.7 Å². The zero-order valence-electron chi connectivity index (χ0n) is 15.5. The maximum absolute atomic E-state index is 14.1. The van der Waals surface area contributed by atoms with Crippen LogP contribution >= 0.6 is 34.8 Å². The fourth-order valence-electron chi connectivity index (χ4n) is 3.16. The molecule has 0 aliphatic carbocycles. The Labute approximate surface area is 192 Å². The third-order valence-corrected chi connectivity index (χ3v) is 6.90. The molecule has 31 heavy (non-hydrogen) atoms. The number of halogens is 4. The number of aromatic nitrogens is 2. The zero-order valence-corrected chi connectivity index (χ0v) is 18.6. The lowest BCUT2D eigenvalue weighted by Gasteiger charge is -2.09. The highest BCUT2D eigenvalue weighted by atomic mass is 35.5. The number of hydrogen-bond acceptors (Lipinski definition) is 4. The molecule has 5 nitrogen and oxygen atoms in total. The SMILES string of the molecule is O=C(Cc1ccc2cnn(S(=O)(=O)c3cc(Cl)cc(Cl)c3)c2c1)c1c(F)cccc1Cl. The molecule has 1 heterocycles. The molecule has 0 amide bonds. The van der Waals surface area contributed by atoms with Gasteiger partial charge < -0.3 is 0 Å². The number of ketones is 1. The van der Waals surface area contributed by atoms with Gasteiger partial charge in [0, 0.05) is 21.9 Å². The highest BCUT2D eigenvalue weighted by Gasteiger charge is 2.22. The van der Waals surface area contributed by atoms with E-state index in [2.05, 4.69) is 5.10 Å². The molecular weight excluding hydrogens is 486 g/mol. The highest BCUT2D eigenvalue weighted by Crippen LogP contribution is 2.27. The predicted octanol–water partition coefficient (Wildman–Crippen LogP) is 5.80. The molecule has 0 aliphatic rings. The van der Waals surface area contributed by atoms with Crippen LogP contribution in [-0.4, -0.2) is 23.4 Å². The lowest BCUT2D eigenvalue weighted by molar-refractivity contribution is 0.0989. The summed E-state index contributed by atoms with van der Waals surface area (Å²) < 4.78 is 41.1. The van der Waals surface area contributed by atoms with Crippen molar-refractivity contribution in [2.45, 2.75) is 11.3 Å². The van der Waals surface area contributed by atoms with Crippen LogP contribution in [0.1, 0.15) is 15.9 Å². The summed E-state index contributed by atoms with van der Waals surface area (Å²) in [6, 6.07) is 12.7. The second kappa shape index (κ2) is 8.24. The molecule has 0 saturated carbocycles. The van der Waals surface area contributed by atoms with E-state index in [1.54, 1.807) is 12.1 Å². The lowest BCUT2D eigenvalue weighted by atomic mass is 10.0. The van der Waals surface area contributed by atoms with Crippen LogP contribution in [0.2, 0.25) is 15.1 Å².